The molecular formula is C24H26N4O3. The molecule has 4 rings (SSSR count). The Morgan fingerprint density at radius 1 is 1.10 bits per heavy atom. The first-order chi connectivity index (χ1) is 15.2. The van der Waals surface area contributed by atoms with Crippen LogP contribution in [0.3, 0.4) is 0 Å². The van der Waals surface area contributed by atoms with Gasteiger partial charge in [-0.1, -0.05) is 24.3 Å². The van der Waals surface area contributed by atoms with Crippen LogP contribution in [0.2, 0.25) is 0 Å². The zero-order valence-corrected chi connectivity index (χ0v) is 17.7. The third kappa shape index (κ3) is 5.19. The Bertz CT molecular complexity index is 1090. The summed E-state index contributed by atoms with van der Waals surface area (Å²) in [5.41, 5.74) is 1.99. The molecular weight excluding hydrogens is 392 g/mol. The summed E-state index contributed by atoms with van der Waals surface area (Å²) in [6.45, 7) is 1.08. The zero-order chi connectivity index (χ0) is 21.6. The number of ether oxygens (including phenoxy) is 2. The van der Waals surface area contributed by atoms with E-state index in [9.17, 15) is 4.79 Å². The molecule has 3 aromatic rings. The first-order valence-electron chi connectivity index (χ1n) is 10.3. The molecule has 2 N–H and O–H groups in total. The summed E-state index contributed by atoms with van der Waals surface area (Å²) < 4.78 is 10.6. The van der Waals surface area contributed by atoms with Crippen molar-refractivity contribution in [1.29, 1.82) is 0 Å². The monoisotopic (exact) mass is 418 g/mol. The SMILES string of the molecule is CNc1ncc(/C=C/c2ccc(OCCOC)cc2)c2cc(NC(=O)C3CC3)ncc12. The highest BCUT2D eigenvalue weighted by Gasteiger charge is 2.29. The van der Waals surface area contributed by atoms with Crippen LogP contribution in [0.4, 0.5) is 11.6 Å². The Morgan fingerprint density at radius 3 is 2.61 bits per heavy atom. The molecule has 1 fully saturated rings. The van der Waals surface area contributed by atoms with Crippen molar-refractivity contribution in [2.24, 2.45) is 5.92 Å². The smallest absolute Gasteiger partial charge is 0.228 e. The number of rotatable bonds is 9. The lowest BCUT2D eigenvalue weighted by Gasteiger charge is -2.10. The Labute approximate surface area is 181 Å². The van der Waals surface area contributed by atoms with Gasteiger partial charge >= 0.3 is 0 Å². The van der Waals surface area contributed by atoms with E-state index in [1.807, 2.05) is 55.7 Å². The van der Waals surface area contributed by atoms with Crippen LogP contribution >= 0.6 is 0 Å². The molecule has 0 atom stereocenters. The fourth-order valence-electron chi connectivity index (χ4n) is 3.23. The molecule has 0 bridgehead atoms. The van der Waals surface area contributed by atoms with E-state index in [1.54, 1.807) is 13.3 Å². The average Bonchev–Trinajstić information content (AvgIpc) is 3.64. The lowest BCUT2D eigenvalue weighted by Crippen LogP contribution is -2.14. The van der Waals surface area contributed by atoms with Gasteiger partial charge in [-0.3, -0.25) is 4.79 Å². The predicted molar refractivity (Wildman–Crippen MR) is 123 cm³/mol. The Kier molecular flexibility index (Phi) is 6.43. The minimum Gasteiger partial charge on any atom is -0.491 e. The highest BCUT2D eigenvalue weighted by molar-refractivity contribution is 6.01. The van der Waals surface area contributed by atoms with E-state index in [4.69, 9.17) is 9.47 Å². The van der Waals surface area contributed by atoms with Crippen molar-refractivity contribution >= 4 is 40.5 Å². The van der Waals surface area contributed by atoms with Crippen LogP contribution in [0.1, 0.15) is 24.0 Å². The lowest BCUT2D eigenvalue weighted by atomic mass is 10.1. The third-order valence-corrected chi connectivity index (χ3v) is 5.13. The molecule has 31 heavy (non-hydrogen) atoms. The second-order valence-electron chi connectivity index (χ2n) is 7.43. The molecule has 1 amide bonds. The van der Waals surface area contributed by atoms with Crippen LogP contribution in [-0.2, 0) is 9.53 Å². The second kappa shape index (κ2) is 9.57. The maximum atomic E-state index is 12.1. The topological polar surface area (TPSA) is 85.4 Å². The average molecular weight is 418 g/mol. The van der Waals surface area contributed by atoms with Gasteiger partial charge < -0.3 is 20.1 Å². The van der Waals surface area contributed by atoms with Crippen LogP contribution in [0.25, 0.3) is 22.9 Å². The van der Waals surface area contributed by atoms with E-state index < -0.39 is 0 Å². The number of hydrogen-bond donors (Lipinski definition) is 2. The van der Waals surface area contributed by atoms with Gasteiger partial charge in [0, 0.05) is 43.4 Å². The summed E-state index contributed by atoms with van der Waals surface area (Å²) in [7, 11) is 3.48. The molecule has 0 spiro atoms. The molecule has 1 aliphatic rings. The van der Waals surface area contributed by atoms with Crippen LogP contribution in [0.15, 0.2) is 42.7 Å². The number of amides is 1. The minimum atomic E-state index is 0.0413. The number of hydrogen-bond acceptors (Lipinski definition) is 6. The molecule has 2 aromatic heterocycles. The molecule has 2 heterocycles. The van der Waals surface area contributed by atoms with E-state index in [0.29, 0.717) is 19.0 Å². The molecule has 0 saturated heterocycles. The summed E-state index contributed by atoms with van der Waals surface area (Å²) >= 11 is 0. The summed E-state index contributed by atoms with van der Waals surface area (Å²) in [6.07, 6.45) is 9.52. The summed E-state index contributed by atoms with van der Waals surface area (Å²) in [4.78, 5) is 21.0. The maximum Gasteiger partial charge on any atom is 0.228 e. The molecule has 160 valence electrons. The molecule has 0 unspecified atom stereocenters. The predicted octanol–water partition coefficient (Wildman–Crippen LogP) is 4.22. The number of benzene rings is 1. The number of aromatic nitrogens is 2. The Balaban J connectivity index is 1.57. The van der Waals surface area contributed by atoms with Gasteiger partial charge in [-0.2, -0.15) is 0 Å². The maximum absolute atomic E-state index is 12.1. The van der Waals surface area contributed by atoms with E-state index in [2.05, 4.69) is 20.6 Å². The van der Waals surface area contributed by atoms with E-state index in [-0.39, 0.29) is 11.8 Å². The summed E-state index contributed by atoms with van der Waals surface area (Å²) in [6, 6.07) is 9.78. The molecule has 1 aromatic carbocycles. The Hall–Kier alpha value is -3.45. The van der Waals surface area contributed by atoms with Crippen LogP contribution in [0.5, 0.6) is 5.75 Å². The van der Waals surface area contributed by atoms with Crippen molar-refractivity contribution in [2.75, 3.05) is 38.0 Å². The number of carbonyl (C=O) groups is 1. The van der Waals surface area contributed by atoms with Crippen molar-refractivity contribution in [1.82, 2.24) is 9.97 Å². The minimum absolute atomic E-state index is 0.0413. The first kappa shape index (κ1) is 20.8. The van der Waals surface area contributed by atoms with Gasteiger partial charge in [-0.15, -0.1) is 0 Å². The fraction of sp³-hybridized carbons (Fsp3) is 0.292. The van der Waals surface area contributed by atoms with E-state index in [1.165, 1.54) is 0 Å². The molecule has 7 heteroatoms. The number of nitrogens with zero attached hydrogens (tertiary/aromatic N) is 2. The highest BCUT2D eigenvalue weighted by atomic mass is 16.5. The van der Waals surface area contributed by atoms with Crippen LogP contribution in [-0.4, -0.2) is 43.2 Å². The number of pyridine rings is 2. The zero-order valence-electron chi connectivity index (χ0n) is 17.7. The van der Waals surface area contributed by atoms with Gasteiger partial charge in [0.1, 0.15) is 24.0 Å². The van der Waals surface area contributed by atoms with Gasteiger partial charge in [0.2, 0.25) is 5.91 Å². The molecule has 7 nitrogen and oxygen atoms in total. The summed E-state index contributed by atoms with van der Waals surface area (Å²) in [5, 5.41) is 7.89. The second-order valence-corrected chi connectivity index (χ2v) is 7.43. The van der Waals surface area contributed by atoms with E-state index >= 15 is 0 Å². The lowest BCUT2D eigenvalue weighted by molar-refractivity contribution is -0.117. The van der Waals surface area contributed by atoms with E-state index in [0.717, 1.165) is 46.3 Å². The van der Waals surface area contributed by atoms with Crippen molar-refractivity contribution in [3.05, 3.63) is 53.9 Å². The number of methoxy groups -OCH3 is 1. The molecule has 0 aliphatic heterocycles. The molecule has 1 saturated carbocycles. The van der Waals surface area contributed by atoms with Crippen molar-refractivity contribution in [3.63, 3.8) is 0 Å². The number of carbonyl (C=O) groups excluding carboxylic acids is 1. The van der Waals surface area contributed by atoms with Gasteiger partial charge in [0.05, 0.1) is 6.61 Å². The Morgan fingerprint density at radius 2 is 1.90 bits per heavy atom. The summed E-state index contributed by atoms with van der Waals surface area (Å²) in [5.74, 6) is 2.28. The third-order valence-electron chi connectivity index (χ3n) is 5.13. The molecule has 1 aliphatic carbocycles. The largest absolute Gasteiger partial charge is 0.491 e. The number of fused-ring (bicyclic) bond motifs is 1. The van der Waals surface area contributed by atoms with Crippen LogP contribution in [0, 0.1) is 5.92 Å². The number of anilines is 2. The van der Waals surface area contributed by atoms with Crippen molar-refractivity contribution < 1.29 is 14.3 Å². The van der Waals surface area contributed by atoms with Crippen LogP contribution < -0.4 is 15.4 Å². The molecule has 0 radical (unpaired) electrons. The quantitative estimate of drug-likeness (QED) is 0.506. The standard InChI is InChI=1S/C24H26N4O3/c1-25-23-21-15-26-22(28-24(29)17-7-8-17)13-20(21)18(14-27-23)6-3-16-4-9-19(10-5-16)31-12-11-30-2/h3-6,9-10,13-15,17H,7-8,11-12H2,1-2H3,(H,25,27)(H,26,28,29)/b6-3+. The van der Waals surface area contributed by atoms with Gasteiger partial charge in [0.25, 0.3) is 0 Å². The van der Waals surface area contributed by atoms with Gasteiger partial charge in [0.15, 0.2) is 0 Å². The van der Waals surface area contributed by atoms with Gasteiger partial charge in [-0.25, -0.2) is 9.97 Å². The van der Waals surface area contributed by atoms with Crippen molar-refractivity contribution in [3.8, 4) is 5.75 Å². The fourth-order valence-corrected chi connectivity index (χ4v) is 3.23. The number of nitrogens with one attached hydrogen (secondary N) is 2. The van der Waals surface area contributed by atoms with Crippen molar-refractivity contribution in [2.45, 2.75) is 12.8 Å². The van der Waals surface area contributed by atoms with Gasteiger partial charge in [-0.05, 0) is 42.0 Å². The normalized spacial score (nSPS) is 13.5. The highest BCUT2D eigenvalue weighted by Crippen LogP contribution is 2.31. The first-order valence-corrected chi connectivity index (χ1v) is 10.3.